The van der Waals surface area contributed by atoms with Crippen molar-refractivity contribution in [2.75, 3.05) is 14.2 Å². The second-order valence-electron chi connectivity index (χ2n) is 5.59. The first-order valence-corrected chi connectivity index (χ1v) is 7.35. The first-order valence-electron chi connectivity index (χ1n) is 7.35. The van der Waals surface area contributed by atoms with Gasteiger partial charge in [0.1, 0.15) is 6.04 Å². The molecule has 0 fully saturated rings. The van der Waals surface area contributed by atoms with E-state index >= 15 is 0 Å². The molecule has 3 N–H and O–H groups in total. The topological polar surface area (TPSA) is 75.8 Å². The summed E-state index contributed by atoms with van der Waals surface area (Å²) < 4.78 is 5.08. The average Bonchev–Trinajstić information content (AvgIpc) is 2.55. The molecule has 1 amide bonds. The fourth-order valence-electron chi connectivity index (χ4n) is 2.33. The molecule has 0 aliphatic carbocycles. The number of amides is 1. The van der Waals surface area contributed by atoms with Crippen LogP contribution in [0.5, 0.6) is 11.5 Å². The minimum atomic E-state index is -0.695. The molecule has 0 aliphatic heterocycles. The lowest BCUT2D eigenvalue weighted by atomic mass is 10.0. The number of hydrogen-bond acceptors (Lipinski definition) is 4. The maximum Gasteiger partial charge on any atom is 0.244 e. The molecule has 1 unspecified atom stereocenters. The van der Waals surface area contributed by atoms with E-state index in [9.17, 15) is 9.90 Å². The van der Waals surface area contributed by atoms with Crippen molar-refractivity contribution in [3.63, 3.8) is 0 Å². The molecular formula is C18H22N2O3. The van der Waals surface area contributed by atoms with Gasteiger partial charge < -0.3 is 20.5 Å². The zero-order valence-corrected chi connectivity index (χ0v) is 13.6. The van der Waals surface area contributed by atoms with Gasteiger partial charge in [-0.05, 0) is 30.2 Å². The van der Waals surface area contributed by atoms with Crippen molar-refractivity contribution in [2.24, 2.45) is 5.73 Å². The zero-order valence-electron chi connectivity index (χ0n) is 13.6. The maximum atomic E-state index is 12.5. The summed E-state index contributed by atoms with van der Waals surface area (Å²) in [6.07, 6.45) is 0. The molecule has 0 aromatic heterocycles. The Balaban J connectivity index is 2.08. The molecule has 5 nitrogen and oxygen atoms in total. The smallest absolute Gasteiger partial charge is 0.244 e. The van der Waals surface area contributed by atoms with Gasteiger partial charge in [0, 0.05) is 13.6 Å². The molecule has 1 atom stereocenters. The Labute approximate surface area is 136 Å². The number of aryl methyl sites for hydroxylation is 1. The van der Waals surface area contributed by atoms with Crippen molar-refractivity contribution in [1.29, 1.82) is 0 Å². The summed E-state index contributed by atoms with van der Waals surface area (Å²) in [6, 6.07) is 11.9. The predicted molar refractivity (Wildman–Crippen MR) is 89.2 cm³/mol. The molecule has 0 radical (unpaired) electrons. The predicted octanol–water partition coefficient (Wildman–Crippen LogP) is 2.37. The van der Waals surface area contributed by atoms with Crippen LogP contribution in [0, 0.1) is 6.92 Å². The Morgan fingerprint density at radius 2 is 1.91 bits per heavy atom. The van der Waals surface area contributed by atoms with Crippen LogP contribution in [0.4, 0.5) is 0 Å². The summed E-state index contributed by atoms with van der Waals surface area (Å²) in [7, 11) is 3.19. The van der Waals surface area contributed by atoms with Gasteiger partial charge >= 0.3 is 0 Å². The Morgan fingerprint density at radius 3 is 2.52 bits per heavy atom. The molecule has 122 valence electrons. The fourth-order valence-corrected chi connectivity index (χ4v) is 2.33. The number of nitrogens with two attached hydrogens (primary N) is 1. The Morgan fingerprint density at radius 1 is 1.26 bits per heavy atom. The highest BCUT2D eigenvalue weighted by Crippen LogP contribution is 2.27. The van der Waals surface area contributed by atoms with Gasteiger partial charge in [-0.1, -0.05) is 35.9 Å². The number of carbonyl (C=O) groups excluding carboxylic acids is 1. The summed E-state index contributed by atoms with van der Waals surface area (Å²) in [5.41, 5.74) is 8.83. The molecule has 0 aliphatic rings. The van der Waals surface area contributed by atoms with E-state index in [4.69, 9.17) is 10.5 Å². The minimum absolute atomic E-state index is 0.0709. The molecule has 0 heterocycles. The third kappa shape index (κ3) is 4.02. The van der Waals surface area contributed by atoms with E-state index < -0.39 is 6.04 Å². The van der Waals surface area contributed by atoms with Crippen molar-refractivity contribution in [3.8, 4) is 11.5 Å². The molecule has 0 saturated heterocycles. The van der Waals surface area contributed by atoms with Crippen LogP contribution in [0.3, 0.4) is 0 Å². The van der Waals surface area contributed by atoms with E-state index in [2.05, 4.69) is 0 Å². The number of ether oxygens (including phenoxy) is 1. The summed E-state index contributed by atoms with van der Waals surface area (Å²) in [4.78, 5) is 14.0. The van der Waals surface area contributed by atoms with Gasteiger partial charge in [-0.2, -0.15) is 0 Å². The van der Waals surface area contributed by atoms with Crippen molar-refractivity contribution in [2.45, 2.75) is 19.5 Å². The summed E-state index contributed by atoms with van der Waals surface area (Å²) in [5.74, 6) is 0.286. The number of aromatic hydroxyl groups is 1. The molecule has 2 aromatic carbocycles. The van der Waals surface area contributed by atoms with E-state index in [1.165, 1.54) is 7.11 Å². The van der Waals surface area contributed by atoms with E-state index in [1.807, 2.05) is 31.2 Å². The number of methoxy groups -OCH3 is 1. The first kappa shape index (κ1) is 16.8. The van der Waals surface area contributed by atoms with Crippen LogP contribution >= 0.6 is 0 Å². The largest absolute Gasteiger partial charge is 0.504 e. The lowest BCUT2D eigenvalue weighted by Gasteiger charge is -2.22. The summed E-state index contributed by atoms with van der Waals surface area (Å²) >= 11 is 0. The van der Waals surface area contributed by atoms with E-state index in [0.717, 1.165) is 16.7 Å². The number of nitrogens with zero attached hydrogens (tertiary/aromatic N) is 1. The number of phenolic OH excluding ortho intramolecular Hbond substituents is 1. The summed E-state index contributed by atoms with van der Waals surface area (Å²) in [6.45, 7) is 2.37. The quantitative estimate of drug-likeness (QED) is 0.888. The Bertz CT molecular complexity index is 683. The monoisotopic (exact) mass is 314 g/mol. The first-order chi connectivity index (χ1) is 10.9. The number of likely N-dealkylation sites (N-methyl/N-ethyl adjacent to an activating group) is 1. The van der Waals surface area contributed by atoms with Gasteiger partial charge in [-0.25, -0.2) is 0 Å². The van der Waals surface area contributed by atoms with Gasteiger partial charge in [0.2, 0.25) is 5.91 Å². The van der Waals surface area contributed by atoms with Crippen LogP contribution in [0.25, 0.3) is 0 Å². The molecule has 2 aromatic rings. The third-order valence-corrected chi connectivity index (χ3v) is 3.74. The number of benzene rings is 2. The molecule has 0 bridgehead atoms. The normalized spacial score (nSPS) is 11.8. The van der Waals surface area contributed by atoms with Gasteiger partial charge in [-0.3, -0.25) is 4.79 Å². The van der Waals surface area contributed by atoms with Gasteiger partial charge in [0.25, 0.3) is 0 Å². The van der Waals surface area contributed by atoms with E-state index in [0.29, 0.717) is 12.3 Å². The highest BCUT2D eigenvalue weighted by atomic mass is 16.5. The van der Waals surface area contributed by atoms with Crippen LogP contribution in [-0.2, 0) is 11.3 Å². The van der Waals surface area contributed by atoms with Crippen molar-refractivity contribution >= 4 is 5.91 Å². The molecule has 23 heavy (non-hydrogen) atoms. The maximum absolute atomic E-state index is 12.5. The second kappa shape index (κ2) is 7.15. The standard InChI is InChI=1S/C18H22N2O3/c1-12-4-7-14(8-5-12)17(19)18(22)20(2)11-13-6-9-15(21)16(10-13)23-3/h4-10,17,21H,11,19H2,1-3H3. The van der Waals surface area contributed by atoms with Crippen LogP contribution in [-0.4, -0.2) is 30.1 Å². The molecule has 0 saturated carbocycles. The number of rotatable bonds is 5. The number of phenols is 1. The van der Waals surface area contributed by atoms with Gasteiger partial charge in [-0.15, -0.1) is 0 Å². The lowest BCUT2D eigenvalue weighted by Crippen LogP contribution is -2.35. The third-order valence-electron chi connectivity index (χ3n) is 3.74. The van der Waals surface area contributed by atoms with Crippen molar-refractivity contribution < 1.29 is 14.6 Å². The minimum Gasteiger partial charge on any atom is -0.504 e. The number of carbonyl (C=O) groups is 1. The van der Waals surface area contributed by atoms with E-state index in [-0.39, 0.29) is 11.7 Å². The van der Waals surface area contributed by atoms with Crippen LogP contribution in [0.2, 0.25) is 0 Å². The highest BCUT2D eigenvalue weighted by Gasteiger charge is 2.20. The molecule has 5 heteroatoms. The van der Waals surface area contributed by atoms with Crippen LogP contribution in [0.1, 0.15) is 22.7 Å². The average molecular weight is 314 g/mol. The molecular weight excluding hydrogens is 292 g/mol. The summed E-state index contributed by atoms with van der Waals surface area (Å²) in [5, 5.41) is 9.61. The SMILES string of the molecule is COc1cc(CN(C)C(=O)C(N)c2ccc(C)cc2)ccc1O. The van der Waals surface area contributed by atoms with Crippen LogP contribution in [0.15, 0.2) is 42.5 Å². The number of hydrogen-bond donors (Lipinski definition) is 2. The Kier molecular flexibility index (Phi) is 5.24. The van der Waals surface area contributed by atoms with Crippen molar-refractivity contribution in [3.05, 3.63) is 59.2 Å². The second-order valence-corrected chi connectivity index (χ2v) is 5.59. The van der Waals surface area contributed by atoms with Gasteiger partial charge in [0.05, 0.1) is 7.11 Å². The lowest BCUT2D eigenvalue weighted by molar-refractivity contribution is -0.131. The van der Waals surface area contributed by atoms with Crippen molar-refractivity contribution in [1.82, 2.24) is 4.90 Å². The molecule has 0 spiro atoms. The van der Waals surface area contributed by atoms with Gasteiger partial charge in [0.15, 0.2) is 11.5 Å². The zero-order chi connectivity index (χ0) is 17.0. The Hall–Kier alpha value is -2.53. The highest BCUT2D eigenvalue weighted by molar-refractivity contribution is 5.82. The van der Waals surface area contributed by atoms with Crippen LogP contribution < -0.4 is 10.5 Å². The van der Waals surface area contributed by atoms with E-state index in [1.54, 1.807) is 30.1 Å². The fraction of sp³-hybridized carbons (Fsp3) is 0.278. The molecule has 2 rings (SSSR count).